The summed E-state index contributed by atoms with van der Waals surface area (Å²) in [6.45, 7) is 8.72. The highest BCUT2D eigenvalue weighted by Crippen LogP contribution is 2.21. The molecule has 1 amide bonds. The molecule has 0 aliphatic rings. The quantitative estimate of drug-likeness (QED) is 0.847. The number of aromatic nitrogens is 2. The van der Waals surface area contributed by atoms with E-state index >= 15 is 0 Å². The second-order valence-corrected chi connectivity index (χ2v) is 6.41. The number of amides is 1. The average molecular weight is 335 g/mol. The van der Waals surface area contributed by atoms with Gasteiger partial charge in [-0.3, -0.25) is 14.2 Å². The summed E-state index contributed by atoms with van der Waals surface area (Å²) < 4.78 is 11.5. The van der Waals surface area contributed by atoms with Gasteiger partial charge in [-0.2, -0.15) is 0 Å². The number of fused-ring (bicyclic) bond motifs is 1. The van der Waals surface area contributed by atoms with Crippen molar-refractivity contribution in [3.05, 3.63) is 28.0 Å². The van der Waals surface area contributed by atoms with Crippen molar-refractivity contribution in [3.8, 4) is 0 Å². The number of furan rings is 1. The molecule has 0 aromatic carbocycles. The maximum Gasteiger partial charge on any atom is 0.342 e. The molecule has 1 N–H and O–H groups in total. The van der Waals surface area contributed by atoms with Gasteiger partial charge in [0.15, 0.2) is 0 Å². The third-order valence-corrected chi connectivity index (χ3v) is 3.16. The number of hydrogen-bond donors (Lipinski definition) is 1. The molecule has 130 valence electrons. The highest BCUT2D eigenvalue weighted by Gasteiger charge is 2.24. The SMILES string of the molecule is CCOC(=O)c1c(C)oc2ncn(CC(=O)NC(C)(C)C)c(=O)c12. The molecule has 0 radical (unpaired) electrons. The van der Waals surface area contributed by atoms with Crippen LogP contribution in [0.5, 0.6) is 0 Å². The fourth-order valence-corrected chi connectivity index (χ4v) is 2.31. The first-order chi connectivity index (χ1) is 11.1. The molecule has 0 aliphatic carbocycles. The molecule has 2 rings (SSSR count). The van der Waals surface area contributed by atoms with Crippen LogP contribution in [0.4, 0.5) is 0 Å². The van der Waals surface area contributed by atoms with Gasteiger partial charge in [0.1, 0.15) is 29.6 Å². The Balaban J connectivity index is 2.46. The Morgan fingerprint density at radius 3 is 2.62 bits per heavy atom. The van der Waals surface area contributed by atoms with Crippen LogP contribution in [-0.4, -0.2) is 33.6 Å². The molecule has 2 aromatic rings. The number of rotatable bonds is 4. The lowest BCUT2D eigenvalue weighted by atomic mass is 10.1. The minimum Gasteiger partial charge on any atom is -0.462 e. The topological polar surface area (TPSA) is 103 Å². The van der Waals surface area contributed by atoms with Crippen LogP contribution in [0.3, 0.4) is 0 Å². The van der Waals surface area contributed by atoms with Crippen LogP contribution < -0.4 is 10.9 Å². The van der Waals surface area contributed by atoms with Crippen molar-refractivity contribution in [2.24, 2.45) is 0 Å². The highest BCUT2D eigenvalue weighted by atomic mass is 16.5. The number of carbonyl (C=O) groups is 2. The summed E-state index contributed by atoms with van der Waals surface area (Å²) in [6, 6.07) is 0. The molecule has 8 heteroatoms. The van der Waals surface area contributed by atoms with Crippen LogP contribution in [0.25, 0.3) is 11.1 Å². The van der Waals surface area contributed by atoms with Crippen molar-refractivity contribution in [1.29, 1.82) is 0 Å². The van der Waals surface area contributed by atoms with Gasteiger partial charge in [0, 0.05) is 5.54 Å². The summed E-state index contributed by atoms with van der Waals surface area (Å²) in [7, 11) is 0. The van der Waals surface area contributed by atoms with Gasteiger partial charge in [0.05, 0.1) is 6.61 Å². The van der Waals surface area contributed by atoms with Crippen LogP contribution in [-0.2, 0) is 16.1 Å². The van der Waals surface area contributed by atoms with Crippen LogP contribution >= 0.6 is 0 Å². The molecule has 2 aromatic heterocycles. The molecule has 0 atom stereocenters. The summed E-state index contributed by atoms with van der Waals surface area (Å²) in [5.74, 6) is -0.724. The van der Waals surface area contributed by atoms with E-state index in [4.69, 9.17) is 9.15 Å². The van der Waals surface area contributed by atoms with Gasteiger partial charge < -0.3 is 14.5 Å². The lowest BCUT2D eigenvalue weighted by molar-refractivity contribution is -0.123. The maximum atomic E-state index is 12.6. The fourth-order valence-electron chi connectivity index (χ4n) is 2.31. The monoisotopic (exact) mass is 335 g/mol. The summed E-state index contributed by atoms with van der Waals surface area (Å²) in [5, 5.41) is 2.79. The molecule has 8 nitrogen and oxygen atoms in total. The van der Waals surface area contributed by atoms with Crippen molar-refractivity contribution in [1.82, 2.24) is 14.9 Å². The molecule has 0 fully saturated rings. The molecule has 2 heterocycles. The second-order valence-electron chi connectivity index (χ2n) is 6.41. The van der Waals surface area contributed by atoms with Crippen molar-refractivity contribution in [2.75, 3.05) is 6.61 Å². The predicted octanol–water partition coefficient (Wildman–Crippen LogP) is 1.39. The zero-order valence-electron chi connectivity index (χ0n) is 14.4. The Hall–Kier alpha value is -2.64. The third-order valence-electron chi connectivity index (χ3n) is 3.16. The molecule has 0 saturated carbocycles. The van der Waals surface area contributed by atoms with E-state index in [-0.39, 0.29) is 41.5 Å². The number of carbonyl (C=O) groups excluding carboxylic acids is 2. The summed E-state index contributed by atoms with van der Waals surface area (Å²) in [6.07, 6.45) is 1.23. The van der Waals surface area contributed by atoms with Gasteiger partial charge in [-0.25, -0.2) is 9.78 Å². The Kier molecular flexibility index (Phi) is 4.77. The zero-order chi connectivity index (χ0) is 18.1. The summed E-state index contributed by atoms with van der Waals surface area (Å²) >= 11 is 0. The van der Waals surface area contributed by atoms with Crippen molar-refractivity contribution >= 4 is 23.0 Å². The van der Waals surface area contributed by atoms with Crippen molar-refractivity contribution in [2.45, 2.75) is 46.7 Å². The van der Waals surface area contributed by atoms with E-state index in [2.05, 4.69) is 10.3 Å². The van der Waals surface area contributed by atoms with E-state index in [9.17, 15) is 14.4 Å². The normalized spacial score (nSPS) is 11.5. The van der Waals surface area contributed by atoms with E-state index in [1.165, 1.54) is 6.33 Å². The van der Waals surface area contributed by atoms with Crippen molar-refractivity contribution < 1.29 is 18.7 Å². The Morgan fingerprint density at radius 1 is 1.38 bits per heavy atom. The standard InChI is InChI=1S/C16H21N3O5/c1-6-23-15(22)11-9(2)24-13-12(11)14(21)19(8-17-13)7-10(20)18-16(3,4)5/h8H,6-7H2,1-5H3,(H,18,20). The predicted molar refractivity (Wildman–Crippen MR) is 86.9 cm³/mol. The number of hydrogen-bond acceptors (Lipinski definition) is 6. The number of nitrogens with one attached hydrogen (secondary N) is 1. The maximum absolute atomic E-state index is 12.6. The minimum absolute atomic E-state index is 0.0250. The minimum atomic E-state index is -0.649. The van der Waals surface area contributed by atoms with Crippen LogP contribution in [0.1, 0.15) is 43.8 Å². The first kappa shape index (κ1) is 17.7. The Morgan fingerprint density at radius 2 is 2.04 bits per heavy atom. The lowest BCUT2D eigenvalue weighted by Crippen LogP contribution is -2.43. The molecule has 24 heavy (non-hydrogen) atoms. The van der Waals surface area contributed by atoms with Gasteiger partial charge in [-0.05, 0) is 34.6 Å². The van der Waals surface area contributed by atoms with Gasteiger partial charge in [0.2, 0.25) is 11.6 Å². The smallest absolute Gasteiger partial charge is 0.342 e. The molecule has 0 aliphatic heterocycles. The van der Waals surface area contributed by atoms with Gasteiger partial charge >= 0.3 is 5.97 Å². The van der Waals surface area contributed by atoms with Crippen LogP contribution in [0.15, 0.2) is 15.5 Å². The lowest BCUT2D eigenvalue weighted by Gasteiger charge is -2.20. The van der Waals surface area contributed by atoms with E-state index in [1.54, 1.807) is 13.8 Å². The number of nitrogens with zero attached hydrogens (tertiary/aromatic N) is 2. The Bertz CT molecular complexity index is 842. The van der Waals surface area contributed by atoms with Crippen LogP contribution in [0, 0.1) is 6.92 Å². The highest BCUT2D eigenvalue weighted by molar-refractivity contribution is 6.03. The van der Waals surface area contributed by atoms with Crippen LogP contribution in [0.2, 0.25) is 0 Å². The number of ether oxygens (including phenoxy) is 1. The summed E-state index contributed by atoms with van der Waals surface area (Å²) in [4.78, 5) is 40.8. The first-order valence-corrected chi connectivity index (χ1v) is 7.60. The molecule has 0 spiro atoms. The Labute approximate surface area is 138 Å². The number of aryl methyl sites for hydroxylation is 1. The summed E-state index contributed by atoms with van der Waals surface area (Å²) in [5.41, 5.74) is -0.840. The number of esters is 1. The van der Waals surface area contributed by atoms with Gasteiger partial charge in [-0.1, -0.05) is 0 Å². The third kappa shape index (κ3) is 3.64. The first-order valence-electron chi connectivity index (χ1n) is 7.60. The average Bonchev–Trinajstić information content (AvgIpc) is 2.77. The largest absolute Gasteiger partial charge is 0.462 e. The fraction of sp³-hybridized carbons (Fsp3) is 0.500. The van der Waals surface area contributed by atoms with E-state index in [1.807, 2.05) is 20.8 Å². The van der Waals surface area contributed by atoms with Crippen molar-refractivity contribution in [3.63, 3.8) is 0 Å². The zero-order valence-corrected chi connectivity index (χ0v) is 14.4. The molecule has 0 unspecified atom stereocenters. The van der Waals surface area contributed by atoms with E-state index in [0.717, 1.165) is 4.57 Å². The molecular weight excluding hydrogens is 314 g/mol. The molecular formula is C16H21N3O5. The van der Waals surface area contributed by atoms with E-state index < -0.39 is 17.1 Å². The van der Waals surface area contributed by atoms with E-state index in [0.29, 0.717) is 0 Å². The van der Waals surface area contributed by atoms with Gasteiger partial charge in [-0.15, -0.1) is 0 Å². The van der Waals surface area contributed by atoms with Gasteiger partial charge in [0.25, 0.3) is 5.56 Å². The molecule has 0 saturated heterocycles. The molecule has 0 bridgehead atoms. The second kappa shape index (κ2) is 6.46.